The molecule has 3 rings (SSSR count). The lowest BCUT2D eigenvalue weighted by molar-refractivity contribution is -0.116. The maximum absolute atomic E-state index is 12.0. The number of thiophene rings is 1. The molecule has 0 saturated carbocycles. The van der Waals surface area contributed by atoms with Crippen molar-refractivity contribution in [2.24, 2.45) is 0 Å². The standard InChI is InChI=1S/C16H17N5O2S/c1-3-5-14(22)18-13-9-11(12-6-4-7-24-12)20-21(13)16-17-10(2)8-15(23)19-16/h4,6-9H,3,5H2,1-2H3,(H,18,22)(H,17,19,23). The van der Waals surface area contributed by atoms with E-state index in [1.807, 2.05) is 24.4 Å². The van der Waals surface area contributed by atoms with E-state index in [0.29, 0.717) is 23.6 Å². The second kappa shape index (κ2) is 6.79. The number of amides is 1. The average Bonchev–Trinajstić information content (AvgIpc) is 3.15. The molecule has 24 heavy (non-hydrogen) atoms. The third-order valence-corrected chi connectivity index (χ3v) is 4.18. The molecule has 0 fully saturated rings. The van der Waals surface area contributed by atoms with E-state index in [0.717, 1.165) is 11.3 Å². The molecule has 7 nitrogen and oxygen atoms in total. The molecular formula is C16H17N5O2S. The summed E-state index contributed by atoms with van der Waals surface area (Å²) in [5.74, 6) is 0.645. The van der Waals surface area contributed by atoms with Crippen LogP contribution in [0.1, 0.15) is 25.5 Å². The normalized spacial score (nSPS) is 10.8. The fourth-order valence-electron chi connectivity index (χ4n) is 2.27. The highest BCUT2D eigenvalue weighted by atomic mass is 32.1. The molecule has 0 radical (unpaired) electrons. The highest BCUT2D eigenvalue weighted by Crippen LogP contribution is 2.27. The Balaban J connectivity index is 2.08. The summed E-state index contributed by atoms with van der Waals surface area (Å²) in [6, 6.07) is 7.06. The summed E-state index contributed by atoms with van der Waals surface area (Å²) in [6.45, 7) is 3.67. The number of anilines is 1. The first-order valence-corrected chi connectivity index (χ1v) is 8.47. The summed E-state index contributed by atoms with van der Waals surface area (Å²) in [4.78, 5) is 31.6. The van der Waals surface area contributed by atoms with Crippen LogP contribution in [0.4, 0.5) is 5.82 Å². The van der Waals surface area contributed by atoms with Crippen molar-refractivity contribution in [3.8, 4) is 16.5 Å². The van der Waals surface area contributed by atoms with Crippen molar-refractivity contribution < 1.29 is 4.79 Å². The minimum Gasteiger partial charge on any atom is -0.310 e. The van der Waals surface area contributed by atoms with Gasteiger partial charge >= 0.3 is 0 Å². The molecule has 2 N–H and O–H groups in total. The van der Waals surface area contributed by atoms with Crippen LogP contribution in [-0.2, 0) is 4.79 Å². The molecule has 3 heterocycles. The maximum atomic E-state index is 12.0. The lowest BCUT2D eigenvalue weighted by Gasteiger charge is -2.07. The summed E-state index contributed by atoms with van der Waals surface area (Å²) in [5.41, 5.74) is 1.02. The first kappa shape index (κ1) is 16.1. The molecule has 0 aliphatic heterocycles. The van der Waals surface area contributed by atoms with Gasteiger partial charge in [-0.2, -0.15) is 9.78 Å². The van der Waals surface area contributed by atoms with Crippen LogP contribution in [0.2, 0.25) is 0 Å². The van der Waals surface area contributed by atoms with Crippen LogP contribution in [0.15, 0.2) is 34.4 Å². The number of nitrogens with one attached hydrogen (secondary N) is 2. The molecule has 3 aromatic rings. The summed E-state index contributed by atoms with van der Waals surface area (Å²) in [6.07, 6.45) is 1.16. The van der Waals surface area contributed by atoms with Crippen molar-refractivity contribution in [1.82, 2.24) is 19.7 Å². The molecule has 124 valence electrons. The molecule has 0 aliphatic carbocycles. The topological polar surface area (TPSA) is 92.7 Å². The quantitative estimate of drug-likeness (QED) is 0.745. The van der Waals surface area contributed by atoms with Crippen molar-refractivity contribution in [2.45, 2.75) is 26.7 Å². The van der Waals surface area contributed by atoms with Crippen molar-refractivity contribution in [3.05, 3.63) is 45.7 Å². The number of hydrogen-bond acceptors (Lipinski definition) is 5. The molecule has 0 atom stereocenters. The summed E-state index contributed by atoms with van der Waals surface area (Å²) < 4.78 is 1.46. The van der Waals surface area contributed by atoms with E-state index in [-0.39, 0.29) is 17.4 Å². The molecule has 1 amide bonds. The van der Waals surface area contributed by atoms with Gasteiger partial charge < -0.3 is 5.32 Å². The number of aromatic amines is 1. The number of aryl methyl sites for hydroxylation is 1. The predicted octanol–water partition coefficient (Wildman–Crippen LogP) is 2.73. The first-order chi connectivity index (χ1) is 11.6. The Morgan fingerprint density at radius 3 is 2.92 bits per heavy atom. The Morgan fingerprint density at radius 2 is 2.25 bits per heavy atom. The number of aromatic nitrogens is 4. The molecule has 0 spiro atoms. The highest BCUT2D eigenvalue weighted by Gasteiger charge is 2.15. The molecular weight excluding hydrogens is 326 g/mol. The smallest absolute Gasteiger partial charge is 0.252 e. The number of hydrogen-bond donors (Lipinski definition) is 2. The van der Waals surface area contributed by atoms with Gasteiger partial charge in [-0.3, -0.25) is 14.6 Å². The Bertz CT molecular complexity index is 911. The van der Waals surface area contributed by atoms with Gasteiger partial charge in [-0.1, -0.05) is 13.0 Å². The molecule has 3 aromatic heterocycles. The van der Waals surface area contributed by atoms with Gasteiger partial charge in [0, 0.05) is 24.2 Å². The van der Waals surface area contributed by atoms with E-state index < -0.39 is 0 Å². The van der Waals surface area contributed by atoms with Gasteiger partial charge in [0.25, 0.3) is 5.56 Å². The number of carbonyl (C=O) groups is 1. The summed E-state index contributed by atoms with van der Waals surface area (Å²) in [7, 11) is 0. The molecule has 0 aliphatic rings. The van der Waals surface area contributed by atoms with E-state index in [1.165, 1.54) is 10.7 Å². The largest absolute Gasteiger partial charge is 0.310 e. The minimum absolute atomic E-state index is 0.105. The second-order valence-electron chi connectivity index (χ2n) is 5.31. The van der Waals surface area contributed by atoms with Gasteiger partial charge in [0.1, 0.15) is 11.5 Å². The van der Waals surface area contributed by atoms with Gasteiger partial charge in [-0.05, 0) is 24.8 Å². The van der Waals surface area contributed by atoms with E-state index in [9.17, 15) is 9.59 Å². The van der Waals surface area contributed by atoms with Gasteiger partial charge in [-0.25, -0.2) is 4.98 Å². The van der Waals surface area contributed by atoms with Gasteiger partial charge in [0.2, 0.25) is 11.9 Å². The third-order valence-electron chi connectivity index (χ3n) is 3.29. The second-order valence-corrected chi connectivity index (χ2v) is 6.26. The maximum Gasteiger partial charge on any atom is 0.252 e. The Kier molecular flexibility index (Phi) is 4.57. The monoisotopic (exact) mass is 343 g/mol. The van der Waals surface area contributed by atoms with Crippen LogP contribution in [0.25, 0.3) is 16.5 Å². The van der Waals surface area contributed by atoms with E-state index in [1.54, 1.807) is 24.3 Å². The number of carbonyl (C=O) groups excluding carboxylic acids is 1. The SMILES string of the molecule is CCCC(=O)Nc1cc(-c2cccs2)nn1-c1nc(C)cc(=O)[nH]1. The average molecular weight is 343 g/mol. The zero-order valence-electron chi connectivity index (χ0n) is 13.4. The van der Waals surface area contributed by atoms with E-state index in [2.05, 4.69) is 20.4 Å². The van der Waals surface area contributed by atoms with Crippen LogP contribution >= 0.6 is 11.3 Å². The Hall–Kier alpha value is -2.74. The van der Waals surface area contributed by atoms with Crippen molar-refractivity contribution in [2.75, 3.05) is 5.32 Å². The predicted molar refractivity (Wildman–Crippen MR) is 93.6 cm³/mol. The summed E-state index contributed by atoms with van der Waals surface area (Å²) in [5, 5.41) is 9.29. The molecule has 8 heteroatoms. The van der Waals surface area contributed by atoms with Gasteiger partial charge in [0.15, 0.2) is 0 Å². The molecule has 0 saturated heterocycles. The molecule has 0 bridgehead atoms. The van der Waals surface area contributed by atoms with Crippen LogP contribution < -0.4 is 10.9 Å². The Labute approximate surface area is 142 Å². The summed E-state index contributed by atoms with van der Waals surface area (Å²) >= 11 is 1.55. The van der Waals surface area contributed by atoms with Crippen molar-refractivity contribution in [1.29, 1.82) is 0 Å². The van der Waals surface area contributed by atoms with E-state index >= 15 is 0 Å². The minimum atomic E-state index is -0.267. The van der Waals surface area contributed by atoms with Crippen molar-refractivity contribution >= 4 is 23.1 Å². The number of nitrogens with zero attached hydrogens (tertiary/aromatic N) is 3. The fraction of sp³-hybridized carbons (Fsp3) is 0.250. The van der Waals surface area contributed by atoms with Crippen molar-refractivity contribution in [3.63, 3.8) is 0 Å². The Morgan fingerprint density at radius 1 is 1.42 bits per heavy atom. The zero-order chi connectivity index (χ0) is 17.1. The van der Waals surface area contributed by atoms with Crippen LogP contribution in [-0.4, -0.2) is 25.7 Å². The lowest BCUT2D eigenvalue weighted by atomic mass is 10.3. The molecule has 0 aromatic carbocycles. The molecule has 0 unspecified atom stereocenters. The van der Waals surface area contributed by atoms with Gasteiger partial charge in [-0.15, -0.1) is 11.3 Å². The lowest BCUT2D eigenvalue weighted by Crippen LogP contribution is -2.18. The number of H-pyrrole nitrogens is 1. The third kappa shape index (κ3) is 3.43. The fourth-order valence-corrected chi connectivity index (χ4v) is 2.95. The number of rotatable bonds is 5. The van der Waals surface area contributed by atoms with E-state index in [4.69, 9.17) is 0 Å². The highest BCUT2D eigenvalue weighted by molar-refractivity contribution is 7.13. The first-order valence-electron chi connectivity index (χ1n) is 7.59. The van der Waals surface area contributed by atoms with Crippen LogP contribution in [0, 0.1) is 6.92 Å². The van der Waals surface area contributed by atoms with Gasteiger partial charge in [0.05, 0.1) is 4.88 Å². The zero-order valence-corrected chi connectivity index (χ0v) is 14.2. The van der Waals surface area contributed by atoms with Crippen LogP contribution in [0.3, 0.4) is 0 Å². The van der Waals surface area contributed by atoms with Crippen LogP contribution in [0.5, 0.6) is 0 Å².